The monoisotopic (exact) mass is 259 g/mol. The maximum Gasteiger partial charge on any atom is 0.243 e. The van der Waals surface area contributed by atoms with Gasteiger partial charge in [0.25, 0.3) is 0 Å². The number of carbonyl (C=O) groups is 1. The molecule has 1 saturated heterocycles. The lowest BCUT2D eigenvalue weighted by molar-refractivity contribution is -0.122. The molecule has 0 aromatic carbocycles. The van der Waals surface area contributed by atoms with E-state index in [0.717, 1.165) is 10.9 Å². The van der Waals surface area contributed by atoms with Crippen molar-refractivity contribution in [2.45, 2.75) is 26.3 Å². The van der Waals surface area contributed by atoms with E-state index in [4.69, 9.17) is 10.5 Å². The number of thioether (sulfide) groups is 1. The van der Waals surface area contributed by atoms with E-state index in [-0.39, 0.29) is 6.61 Å². The fraction of sp³-hybridized carbons (Fsp3) is 0.818. The highest BCUT2D eigenvalue weighted by Crippen LogP contribution is 2.18. The third-order valence-electron chi connectivity index (χ3n) is 2.24. The summed E-state index contributed by atoms with van der Waals surface area (Å²) in [5.74, 6) is 1.34. The number of nitrogens with two attached hydrogens (primary N) is 1. The van der Waals surface area contributed by atoms with E-state index < -0.39 is 5.91 Å². The smallest absolute Gasteiger partial charge is 0.243 e. The third-order valence-corrected chi connectivity index (χ3v) is 3.33. The maximum atomic E-state index is 10.4. The first kappa shape index (κ1) is 14.3. The van der Waals surface area contributed by atoms with Crippen LogP contribution in [-0.4, -0.2) is 42.6 Å². The molecule has 0 bridgehead atoms. The first-order valence-corrected chi connectivity index (χ1v) is 6.86. The van der Waals surface area contributed by atoms with Gasteiger partial charge in [-0.05, 0) is 12.3 Å². The van der Waals surface area contributed by atoms with Crippen molar-refractivity contribution < 1.29 is 9.53 Å². The summed E-state index contributed by atoms with van der Waals surface area (Å²) in [4.78, 5) is 14.8. The molecule has 17 heavy (non-hydrogen) atoms. The molecule has 1 amide bonds. The van der Waals surface area contributed by atoms with E-state index >= 15 is 0 Å². The number of amides is 1. The molecule has 0 saturated carbocycles. The topological polar surface area (TPSA) is 76.7 Å². The molecule has 1 aliphatic heterocycles. The Hall–Kier alpha value is -0.750. The second kappa shape index (κ2) is 7.55. The molecule has 0 spiro atoms. The Morgan fingerprint density at radius 3 is 3.12 bits per heavy atom. The molecular formula is C11H21N3O2S. The highest BCUT2D eigenvalue weighted by Gasteiger charge is 2.20. The van der Waals surface area contributed by atoms with Gasteiger partial charge in [-0.3, -0.25) is 9.79 Å². The number of hydrogen-bond acceptors (Lipinski definition) is 4. The average molecular weight is 259 g/mol. The molecule has 1 rings (SSSR count). The van der Waals surface area contributed by atoms with E-state index in [1.54, 1.807) is 11.8 Å². The van der Waals surface area contributed by atoms with Crippen LogP contribution in [0, 0.1) is 5.92 Å². The third kappa shape index (κ3) is 6.53. The second-order valence-corrected chi connectivity index (χ2v) is 5.50. The first-order valence-electron chi connectivity index (χ1n) is 5.87. The van der Waals surface area contributed by atoms with Crippen LogP contribution in [0.5, 0.6) is 0 Å². The second-order valence-electron chi connectivity index (χ2n) is 4.49. The van der Waals surface area contributed by atoms with Crippen LogP contribution in [0.15, 0.2) is 4.99 Å². The van der Waals surface area contributed by atoms with Crippen molar-refractivity contribution in [1.29, 1.82) is 0 Å². The number of hydrogen-bond donors (Lipinski definition) is 2. The van der Waals surface area contributed by atoms with Crippen LogP contribution < -0.4 is 11.1 Å². The Balaban J connectivity index is 2.13. The molecule has 98 valence electrons. The zero-order valence-electron chi connectivity index (χ0n) is 10.4. The van der Waals surface area contributed by atoms with Crippen LogP contribution in [0.3, 0.4) is 0 Å². The van der Waals surface area contributed by atoms with E-state index in [1.165, 1.54) is 6.42 Å². The van der Waals surface area contributed by atoms with Crippen molar-refractivity contribution in [3.05, 3.63) is 0 Å². The minimum absolute atomic E-state index is 0.0264. The molecular weight excluding hydrogens is 238 g/mol. The minimum Gasteiger partial charge on any atom is -0.370 e. The summed E-state index contributed by atoms with van der Waals surface area (Å²) in [7, 11) is 0. The van der Waals surface area contributed by atoms with Gasteiger partial charge in [-0.25, -0.2) is 0 Å². The summed E-state index contributed by atoms with van der Waals surface area (Å²) >= 11 is 1.75. The van der Waals surface area contributed by atoms with Gasteiger partial charge in [-0.2, -0.15) is 0 Å². The average Bonchev–Trinajstić information content (AvgIpc) is 2.63. The van der Waals surface area contributed by atoms with Crippen LogP contribution in [0.25, 0.3) is 0 Å². The Labute approximate surface area is 107 Å². The molecule has 3 N–H and O–H groups in total. The molecule has 1 atom stereocenters. The lowest BCUT2D eigenvalue weighted by Crippen LogP contribution is -2.28. The quantitative estimate of drug-likeness (QED) is 0.656. The van der Waals surface area contributed by atoms with Crippen molar-refractivity contribution in [1.82, 2.24) is 5.32 Å². The van der Waals surface area contributed by atoms with Gasteiger partial charge in [0.15, 0.2) is 5.17 Å². The van der Waals surface area contributed by atoms with Gasteiger partial charge >= 0.3 is 0 Å². The van der Waals surface area contributed by atoms with Gasteiger partial charge in [0.2, 0.25) is 5.91 Å². The van der Waals surface area contributed by atoms with Gasteiger partial charge in [0.1, 0.15) is 6.61 Å². The predicted molar refractivity (Wildman–Crippen MR) is 71.2 cm³/mol. The van der Waals surface area contributed by atoms with Crippen LogP contribution >= 0.6 is 11.8 Å². The number of carbonyl (C=O) groups excluding carboxylic acids is 1. The predicted octanol–water partition coefficient (Wildman–Crippen LogP) is 0.595. The fourth-order valence-corrected chi connectivity index (χ4v) is 2.62. The van der Waals surface area contributed by atoms with Crippen molar-refractivity contribution in [3.8, 4) is 0 Å². The Kier molecular flexibility index (Phi) is 6.36. The standard InChI is InChI=1S/C11H21N3O2S/c1-8(2)5-9-7-17-11(14-9)13-3-4-16-6-10(12)15/h8-9H,3-7H2,1-2H3,(H2,12,15)(H,13,14). The number of primary amides is 1. The number of nitrogens with one attached hydrogen (secondary N) is 1. The summed E-state index contributed by atoms with van der Waals surface area (Å²) in [6.45, 7) is 5.42. The molecule has 5 nitrogen and oxygen atoms in total. The largest absolute Gasteiger partial charge is 0.370 e. The maximum absolute atomic E-state index is 10.4. The van der Waals surface area contributed by atoms with Crippen molar-refractivity contribution in [2.75, 3.05) is 25.5 Å². The summed E-state index contributed by atoms with van der Waals surface area (Å²) < 4.78 is 5.03. The van der Waals surface area contributed by atoms with E-state index in [9.17, 15) is 4.79 Å². The zero-order valence-corrected chi connectivity index (χ0v) is 11.3. The Bertz CT molecular complexity index is 282. The Morgan fingerprint density at radius 1 is 1.71 bits per heavy atom. The SMILES string of the molecule is CC(C)CC1CSC(=NCCOCC(N)=O)N1. The molecule has 0 aromatic rings. The minimum atomic E-state index is -0.442. The summed E-state index contributed by atoms with van der Waals surface area (Å²) in [5.41, 5.74) is 4.95. The summed E-state index contributed by atoms with van der Waals surface area (Å²) in [6, 6.07) is 0.533. The molecule has 0 aromatic heterocycles. The lowest BCUT2D eigenvalue weighted by Gasteiger charge is -2.11. The van der Waals surface area contributed by atoms with E-state index in [1.807, 2.05) is 0 Å². The van der Waals surface area contributed by atoms with Gasteiger partial charge < -0.3 is 15.8 Å². The molecule has 0 aliphatic carbocycles. The summed E-state index contributed by atoms with van der Waals surface area (Å²) in [5, 5.41) is 4.37. The normalized spacial score (nSPS) is 22.1. The Morgan fingerprint density at radius 2 is 2.47 bits per heavy atom. The molecule has 1 unspecified atom stereocenters. The van der Waals surface area contributed by atoms with Gasteiger partial charge in [-0.1, -0.05) is 25.6 Å². The molecule has 1 aliphatic rings. The van der Waals surface area contributed by atoms with Crippen LogP contribution in [-0.2, 0) is 9.53 Å². The molecule has 1 fully saturated rings. The highest BCUT2D eigenvalue weighted by atomic mass is 32.2. The number of amidine groups is 1. The number of ether oxygens (including phenoxy) is 1. The van der Waals surface area contributed by atoms with Gasteiger partial charge in [-0.15, -0.1) is 0 Å². The molecule has 0 radical (unpaired) electrons. The highest BCUT2D eigenvalue weighted by molar-refractivity contribution is 8.14. The molecule has 1 heterocycles. The fourth-order valence-electron chi connectivity index (χ4n) is 1.61. The van der Waals surface area contributed by atoms with Gasteiger partial charge in [0.05, 0.1) is 13.2 Å². The van der Waals surface area contributed by atoms with Crippen molar-refractivity contribution in [3.63, 3.8) is 0 Å². The summed E-state index contributed by atoms with van der Waals surface area (Å²) in [6.07, 6.45) is 1.17. The zero-order chi connectivity index (χ0) is 12.7. The van der Waals surface area contributed by atoms with E-state index in [2.05, 4.69) is 24.2 Å². The lowest BCUT2D eigenvalue weighted by atomic mass is 10.1. The van der Waals surface area contributed by atoms with E-state index in [0.29, 0.717) is 25.1 Å². The van der Waals surface area contributed by atoms with Crippen LogP contribution in [0.2, 0.25) is 0 Å². The number of nitrogens with zero attached hydrogens (tertiary/aromatic N) is 1. The number of rotatable bonds is 7. The van der Waals surface area contributed by atoms with Gasteiger partial charge in [0, 0.05) is 11.8 Å². The van der Waals surface area contributed by atoms with Crippen molar-refractivity contribution >= 4 is 22.8 Å². The van der Waals surface area contributed by atoms with Crippen molar-refractivity contribution in [2.24, 2.45) is 16.6 Å². The first-order chi connectivity index (χ1) is 8.08. The number of aliphatic imine (C=N–C) groups is 1. The van der Waals surface area contributed by atoms with Crippen LogP contribution in [0.4, 0.5) is 0 Å². The molecule has 6 heteroatoms. The van der Waals surface area contributed by atoms with Crippen LogP contribution in [0.1, 0.15) is 20.3 Å².